The van der Waals surface area contributed by atoms with Crippen LogP contribution >= 0.6 is 0 Å². The van der Waals surface area contributed by atoms with Crippen molar-refractivity contribution < 1.29 is 9.53 Å². The molecule has 0 saturated heterocycles. The number of hydrogen-bond donors (Lipinski definition) is 3. The Kier molecular flexibility index (Phi) is 14.5. The lowest BCUT2D eigenvalue weighted by Crippen LogP contribution is -2.20. The number of ether oxygens (including phenoxy) is 1. The highest BCUT2D eigenvalue weighted by molar-refractivity contribution is 5.64. The molecule has 0 fully saturated rings. The van der Waals surface area contributed by atoms with Crippen molar-refractivity contribution in [3.05, 3.63) is 0 Å². The molecule has 0 atom stereocenters. The third-order valence-corrected chi connectivity index (χ3v) is 1.39. The second-order valence-corrected chi connectivity index (χ2v) is 3.22. The van der Waals surface area contributed by atoms with E-state index in [4.69, 9.17) is 11.5 Å². The molecule has 92 valence electrons. The van der Waals surface area contributed by atoms with Crippen LogP contribution in [0.5, 0.6) is 0 Å². The van der Waals surface area contributed by atoms with Crippen molar-refractivity contribution in [1.82, 2.24) is 10.2 Å². The largest absolute Gasteiger partial charge is 0.450 e. The Bertz CT molecular complexity index is 142. The molecular weight excluding hydrogens is 196 g/mol. The van der Waals surface area contributed by atoms with Gasteiger partial charge >= 0.3 is 6.09 Å². The molecule has 0 aliphatic carbocycles. The van der Waals surface area contributed by atoms with Crippen LogP contribution in [0.1, 0.15) is 6.42 Å². The first kappa shape index (κ1) is 16.6. The lowest BCUT2D eigenvalue weighted by Gasteiger charge is -2.03. The van der Waals surface area contributed by atoms with Gasteiger partial charge in [-0.25, -0.2) is 4.79 Å². The topological polar surface area (TPSA) is 93.6 Å². The first-order chi connectivity index (χ1) is 7.04. The molecule has 0 heterocycles. The SMILES string of the molecule is CN(C)CCN.CNCCCOC(N)=O. The van der Waals surface area contributed by atoms with Gasteiger partial charge in [0, 0.05) is 13.1 Å². The highest BCUT2D eigenvalue weighted by atomic mass is 16.5. The van der Waals surface area contributed by atoms with E-state index in [1.54, 1.807) is 0 Å². The molecule has 0 bridgehead atoms. The van der Waals surface area contributed by atoms with Gasteiger partial charge in [-0.15, -0.1) is 0 Å². The number of nitrogens with zero attached hydrogens (tertiary/aromatic N) is 1. The molecule has 0 aromatic carbocycles. The second-order valence-electron chi connectivity index (χ2n) is 3.22. The highest BCUT2D eigenvalue weighted by Crippen LogP contribution is 1.78. The molecule has 0 saturated carbocycles. The number of amides is 1. The Balaban J connectivity index is 0. The summed E-state index contributed by atoms with van der Waals surface area (Å²) in [7, 11) is 5.85. The van der Waals surface area contributed by atoms with Gasteiger partial charge in [-0.3, -0.25) is 0 Å². The van der Waals surface area contributed by atoms with Crippen LogP contribution in [-0.2, 0) is 4.74 Å². The van der Waals surface area contributed by atoms with Crippen LogP contribution in [-0.4, -0.2) is 58.4 Å². The maximum absolute atomic E-state index is 9.94. The van der Waals surface area contributed by atoms with Crippen molar-refractivity contribution >= 4 is 6.09 Å². The summed E-state index contributed by atoms with van der Waals surface area (Å²) < 4.78 is 4.44. The Morgan fingerprint density at radius 1 is 1.47 bits per heavy atom. The van der Waals surface area contributed by atoms with Crippen LogP contribution in [0.25, 0.3) is 0 Å². The van der Waals surface area contributed by atoms with Crippen molar-refractivity contribution in [2.45, 2.75) is 6.42 Å². The Labute approximate surface area is 91.9 Å². The molecule has 15 heavy (non-hydrogen) atoms. The van der Waals surface area contributed by atoms with Gasteiger partial charge in [-0.1, -0.05) is 0 Å². The van der Waals surface area contributed by atoms with E-state index in [-0.39, 0.29) is 0 Å². The van der Waals surface area contributed by atoms with Gasteiger partial charge in [-0.05, 0) is 34.1 Å². The summed E-state index contributed by atoms with van der Waals surface area (Å²) in [5.41, 5.74) is 9.88. The average molecular weight is 220 g/mol. The summed E-state index contributed by atoms with van der Waals surface area (Å²) >= 11 is 0. The van der Waals surface area contributed by atoms with Crippen molar-refractivity contribution in [3.8, 4) is 0 Å². The minimum absolute atomic E-state index is 0.399. The Morgan fingerprint density at radius 3 is 2.33 bits per heavy atom. The molecule has 6 heteroatoms. The number of carbonyl (C=O) groups excluding carboxylic acids is 1. The maximum atomic E-state index is 9.94. The number of likely N-dealkylation sites (N-methyl/N-ethyl adjacent to an activating group) is 1. The summed E-state index contributed by atoms with van der Waals surface area (Å²) in [6.07, 6.45) is 0.102. The van der Waals surface area contributed by atoms with Crippen molar-refractivity contribution in [2.75, 3.05) is 47.4 Å². The number of carbonyl (C=O) groups is 1. The van der Waals surface area contributed by atoms with Crippen LogP contribution in [0, 0.1) is 0 Å². The molecule has 6 nitrogen and oxygen atoms in total. The summed E-state index contributed by atoms with van der Waals surface area (Å²) in [5.74, 6) is 0. The Morgan fingerprint density at radius 2 is 2.07 bits per heavy atom. The first-order valence-corrected chi connectivity index (χ1v) is 4.96. The fraction of sp³-hybridized carbons (Fsp3) is 0.889. The van der Waals surface area contributed by atoms with E-state index in [1.807, 2.05) is 21.1 Å². The van der Waals surface area contributed by atoms with Gasteiger partial charge in [-0.2, -0.15) is 0 Å². The van der Waals surface area contributed by atoms with Gasteiger partial charge in [0.25, 0.3) is 0 Å². The van der Waals surface area contributed by atoms with Crippen LogP contribution in [0.4, 0.5) is 4.79 Å². The minimum Gasteiger partial charge on any atom is -0.450 e. The zero-order chi connectivity index (χ0) is 12.1. The standard InChI is InChI=1S/C5H12N2O2.C4H12N2/c1-7-3-2-4-9-5(6)8;1-6(2)4-3-5/h7H,2-4H2,1H3,(H2,6,8);3-5H2,1-2H3. The summed E-state index contributed by atoms with van der Waals surface area (Å²) in [4.78, 5) is 12.0. The van der Waals surface area contributed by atoms with E-state index in [2.05, 4.69) is 15.0 Å². The van der Waals surface area contributed by atoms with Crippen molar-refractivity contribution in [1.29, 1.82) is 0 Å². The van der Waals surface area contributed by atoms with Gasteiger partial charge in [0.05, 0.1) is 6.61 Å². The predicted molar refractivity (Wildman–Crippen MR) is 61.7 cm³/mol. The summed E-state index contributed by atoms with van der Waals surface area (Å²) in [5, 5.41) is 2.91. The fourth-order valence-electron chi connectivity index (χ4n) is 0.680. The number of nitrogens with one attached hydrogen (secondary N) is 1. The van der Waals surface area contributed by atoms with Crippen molar-refractivity contribution in [3.63, 3.8) is 0 Å². The average Bonchev–Trinajstić information content (AvgIpc) is 2.13. The highest BCUT2D eigenvalue weighted by Gasteiger charge is 1.90. The molecule has 0 aromatic heterocycles. The lowest BCUT2D eigenvalue weighted by molar-refractivity contribution is 0.155. The molecule has 0 aliphatic rings. The normalized spacial score (nSPS) is 9.40. The van der Waals surface area contributed by atoms with Crippen molar-refractivity contribution in [2.24, 2.45) is 11.5 Å². The lowest BCUT2D eigenvalue weighted by atomic mass is 10.5. The summed E-state index contributed by atoms with van der Waals surface area (Å²) in [6.45, 7) is 2.98. The molecule has 0 spiro atoms. The maximum Gasteiger partial charge on any atom is 0.404 e. The number of primary amides is 1. The minimum atomic E-state index is -0.703. The van der Waals surface area contributed by atoms with Gasteiger partial charge < -0.3 is 26.4 Å². The smallest absolute Gasteiger partial charge is 0.404 e. The summed E-state index contributed by atoms with van der Waals surface area (Å²) in [6, 6.07) is 0. The van der Waals surface area contributed by atoms with Crippen LogP contribution in [0.3, 0.4) is 0 Å². The quantitative estimate of drug-likeness (QED) is 0.509. The van der Waals surface area contributed by atoms with E-state index in [9.17, 15) is 4.79 Å². The van der Waals surface area contributed by atoms with E-state index in [1.165, 1.54) is 0 Å². The first-order valence-electron chi connectivity index (χ1n) is 4.96. The Hall–Kier alpha value is -0.850. The van der Waals surface area contributed by atoms with E-state index in [0.29, 0.717) is 6.61 Å². The van der Waals surface area contributed by atoms with Crippen LogP contribution in [0.15, 0.2) is 0 Å². The predicted octanol–water partition coefficient (Wildman–Crippen LogP) is -0.802. The molecule has 0 rings (SSSR count). The number of rotatable bonds is 6. The van der Waals surface area contributed by atoms with E-state index < -0.39 is 6.09 Å². The monoisotopic (exact) mass is 220 g/mol. The second kappa shape index (κ2) is 13.2. The molecule has 1 amide bonds. The zero-order valence-corrected chi connectivity index (χ0v) is 9.95. The molecule has 0 aliphatic heterocycles. The van der Waals surface area contributed by atoms with Gasteiger partial charge in [0.1, 0.15) is 0 Å². The molecular formula is C9H24N4O2. The molecule has 5 N–H and O–H groups in total. The van der Waals surface area contributed by atoms with E-state index in [0.717, 1.165) is 26.1 Å². The van der Waals surface area contributed by atoms with E-state index >= 15 is 0 Å². The van der Waals surface area contributed by atoms with Gasteiger partial charge in [0.15, 0.2) is 0 Å². The van der Waals surface area contributed by atoms with Crippen LogP contribution < -0.4 is 16.8 Å². The zero-order valence-electron chi connectivity index (χ0n) is 9.95. The fourth-order valence-corrected chi connectivity index (χ4v) is 0.680. The third-order valence-electron chi connectivity index (χ3n) is 1.39. The van der Waals surface area contributed by atoms with Crippen LogP contribution in [0.2, 0.25) is 0 Å². The number of hydrogen-bond acceptors (Lipinski definition) is 5. The van der Waals surface area contributed by atoms with Gasteiger partial charge in [0.2, 0.25) is 0 Å². The third kappa shape index (κ3) is 24.6. The number of nitrogens with two attached hydrogens (primary N) is 2. The molecule has 0 unspecified atom stereocenters. The molecule has 0 aromatic rings. The molecule has 0 radical (unpaired) electrons.